The van der Waals surface area contributed by atoms with Crippen molar-refractivity contribution < 1.29 is 17.9 Å². The van der Waals surface area contributed by atoms with Gasteiger partial charge in [-0.25, -0.2) is 0 Å². The van der Waals surface area contributed by atoms with E-state index in [1.54, 1.807) is 13.1 Å². The van der Waals surface area contributed by atoms with E-state index in [0.29, 0.717) is 5.88 Å². The van der Waals surface area contributed by atoms with Crippen molar-refractivity contribution in [1.29, 1.82) is 0 Å². The van der Waals surface area contributed by atoms with Gasteiger partial charge in [0.15, 0.2) is 5.03 Å². The quantitative estimate of drug-likeness (QED) is 0.379. The third-order valence-electron chi connectivity index (χ3n) is 3.70. The number of hydrogen-bond donors (Lipinski definition) is 0. The molecule has 29 heavy (non-hydrogen) atoms. The molecule has 16 heteroatoms. The van der Waals surface area contributed by atoms with Gasteiger partial charge in [0.2, 0.25) is 22.4 Å². The molecule has 0 radical (unpaired) electrons. The molecular formula is C13H14N10O4S2. The maximum absolute atomic E-state index is 13.0. The Balaban J connectivity index is 1.88. The molecule has 0 aliphatic carbocycles. The first-order chi connectivity index (χ1) is 13.8. The minimum Gasteiger partial charge on any atom is -0.481 e. The van der Waals surface area contributed by atoms with Crippen molar-refractivity contribution in [2.45, 2.75) is 5.03 Å². The molecule has 4 heterocycles. The van der Waals surface area contributed by atoms with E-state index >= 15 is 0 Å². The summed E-state index contributed by atoms with van der Waals surface area (Å²) in [6, 6.07) is 1.54. The molecule has 0 aliphatic rings. The molecule has 0 amide bonds. The van der Waals surface area contributed by atoms with Gasteiger partial charge in [-0.3, -0.25) is 4.68 Å². The Labute approximate surface area is 167 Å². The molecule has 152 valence electrons. The van der Waals surface area contributed by atoms with Gasteiger partial charge in [0.05, 0.1) is 39.1 Å². The van der Waals surface area contributed by atoms with E-state index in [-0.39, 0.29) is 32.9 Å². The van der Waals surface area contributed by atoms with Crippen molar-refractivity contribution in [3.63, 3.8) is 0 Å². The summed E-state index contributed by atoms with van der Waals surface area (Å²) in [5.41, 5.74) is 0.176. The average molecular weight is 438 g/mol. The molecule has 0 N–H and O–H groups in total. The zero-order valence-corrected chi connectivity index (χ0v) is 17.2. The van der Waals surface area contributed by atoms with Crippen LogP contribution in [0.1, 0.15) is 0 Å². The summed E-state index contributed by atoms with van der Waals surface area (Å²) in [6.07, 6.45) is 1.34. The molecule has 0 bridgehead atoms. The lowest BCUT2D eigenvalue weighted by atomic mass is 10.3. The number of aromatic nitrogens is 9. The molecule has 0 spiro atoms. The van der Waals surface area contributed by atoms with Gasteiger partial charge >= 0.3 is 10.0 Å². The van der Waals surface area contributed by atoms with E-state index in [2.05, 4.69) is 34.9 Å². The van der Waals surface area contributed by atoms with E-state index in [1.165, 1.54) is 40.7 Å². The summed E-state index contributed by atoms with van der Waals surface area (Å²) in [6.45, 7) is 0. The number of fused-ring (bicyclic) bond motifs is 1. The van der Waals surface area contributed by atoms with Crippen LogP contribution >= 0.6 is 11.5 Å². The van der Waals surface area contributed by atoms with Crippen LogP contribution in [0.15, 0.2) is 21.7 Å². The largest absolute Gasteiger partial charge is 0.481 e. The number of aryl methyl sites for hydroxylation is 2. The Morgan fingerprint density at radius 1 is 1.17 bits per heavy atom. The maximum Gasteiger partial charge on any atom is 0.303 e. The van der Waals surface area contributed by atoms with Crippen LogP contribution in [0.2, 0.25) is 0 Å². The minimum atomic E-state index is -4.21. The van der Waals surface area contributed by atoms with Gasteiger partial charge in [-0.15, -0.1) is 14.6 Å². The Hall–Kier alpha value is -3.40. The molecule has 4 aromatic rings. The SMILES string of the molecule is COc1cc(OC)n2s/c(=N\S(=O)(=O)c3c(-c4nnn(C)n4)cnn3C)nc2n1. The molecule has 4 rings (SSSR count). The van der Waals surface area contributed by atoms with Crippen molar-refractivity contribution in [2.75, 3.05) is 14.2 Å². The normalized spacial score (nSPS) is 12.6. The third kappa shape index (κ3) is 3.31. The fourth-order valence-electron chi connectivity index (χ4n) is 2.49. The highest BCUT2D eigenvalue weighted by Gasteiger charge is 2.27. The molecule has 0 saturated heterocycles. The minimum absolute atomic E-state index is 0.0525. The van der Waals surface area contributed by atoms with Crippen LogP contribution in [0, 0.1) is 0 Å². The molecule has 0 saturated carbocycles. The van der Waals surface area contributed by atoms with Crippen LogP contribution in [-0.4, -0.2) is 66.4 Å². The highest BCUT2D eigenvalue weighted by atomic mass is 32.2. The van der Waals surface area contributed by atoms with Crippen molar-refractivity contribution in [2.24, 2.45) is 18.5 Å². The van der Waals surface area contributed by atoms with Gasteiger partial charge in [0, 0.05) is 7.05 Å². The fourth-order valence-corrected chi connectivity index (χ4v) is 4.72. The number of rotatable bonds is 5. The smallest absolute Gasteiger partial charge is 0.303 e. The lowest BCUT2D eigenvalue weighted by molar-refractivity contribution is 0.372. The van der Waals surface area contributed by atoms with Crippen molar-refractivity contribution in [3.05, 3.63) is 17.1 Å². The lowest BCUT2D eigenvalue weighted by Gasteiger charge is -2.03. The first kappa shape index (κ1) is 18.9. The monoisotopic (exact) mass is 438 g/mol. The molecule has 4 aromatic heterocycles. The predicted octanol–water partition coefficient (Wildman–Crippen LogP) is -0.978. The van der Waals surface area contributed by atoms with Gasteiger partial charge in [0.25, 0.3) is 5.78 Å². The van der Waals surface area contributed by atoms with Gasteiger partial charge in [-0.1, -0.05) is 0 Å². The van der Waals surface area contributed by atoms with E-state index in [4.69, 9.17) is 9.47 Å². The van der Waals surface area contributed by atoms with Gasteiger partial charge in [-0.2, -0.15) is 32.1 Å². The molecular weight excluding hydrogens is 424 g/mol. The van der Waals surface area contributed by atoms with Crippen molar-refractivity contribution in [1.82, 2.24) is 43.7 Å². The topological polar surface area (TPSA) is 157 Å². The maximum atomic E-state index is 13.0. The van der Waals surface area contributed by atoms with Crippen LogP contribution in [0.4, 0.5) is 0 Å². The highest BCUT2D eigenvalue weighted by Crippen LogP contribution is 2.25. The van der Waals surface area contributed by atoms with Gasteiger partial charge in [0.1, 0.15) is 0 Å². The Kier molecular flexibility index (Phi) is 4.50. The van der Waals surface area contributed by atoms with Crippen molar-refractivity contribution >= 4 is 27.3 Å². The number of nitrogens with zero attached hydrogens (tertiary/aromatic N) is 10. The van der Waals surface area contributed by atoms with Gasteiger partial charge in [-0.05, 0) is 16.7 Å². The second kappa shape index (κ2) is 6.89. The zero-order valence-electron chi connectivity index (χ0n) is 15.6. The number of sulfonamides is 1. The number of tetrazole rings is 1. The third-order valence-corrected chi connectivity index (χ3v) is 6.08. The Morgan fingerprint density at radius 2 is 1.97 bits per heavy atom. The predicted molar refractivity (Wildman–Crippen MR) is 97.7 cm³/mol. The van der Waals surface area contributed by atoms with E-state index < -0.39 is 10.0 Å². The van der Waals surface area contributed by atoms with E-state index in [1.807, 2.05) is 0 Å². The molecule has 0 atom stereocenters. The summed E-state index contributed by atoms with van der Waals surface area (Å²) in [5, 5.41) is 15.4. The number of methoxy groups -OCH3 is 2. The summed E-state index contributed by atoms with van der Waals surface area (Å²) in [7, 11) is 1.75. The second-order valence-corrected chi connectivity index (χ2v) is 8.01. The van der Waals surface area contributed by atoms with Crippen LogP contribution in [-0.2, 0) is 24.1 Å². The van der Waals surface area contributed by atoms with Crippen molar-refractivity contribution in [3.8, 4) is 23.1 Å². The second-order valence-electron chi connectivity index (χ2n) is 5.58. The lowest BCUT2D eigenvalue weighted by Crippen LogP contribution is -2.11. The number of hydrogen-bond acceptors (Lipinski definition) is 11. The van der Waals surface area contributed by atoms with E-state index in [9.17, 15) is 8.42 Å². The molecule has 0 aliphatic heterocycles. The van der Waals surface area contributed by atoms with E-state index in [0.717, 1.165) is 11.5 Å². The van der Waals surface area contributed by atoms with Crippen LogP contribution < -0.4 is 14.3 Å². The summed E-state index contributed by atoms with van der Waals surface area (Å²) in [5.74, 6) is 0.930. The fraction of sp³-hybridized carbons (Fsp3) is 0.308. The molecule has 0 unspecified atom stereocenters. The van der Waals surface area contributed by atoms with Crippen LogP contribution in [0.3, 0.4) is 0 Å². The number of ether oxygens (including phenoxy) is 2. The molecule has 0 fully saturated rings. The first-order valence-corrected chi connectivity index (χ1v) is 10.1. The molecule has 0 aromatic carbocycles. The summed E-state index contributed by atoms with van der Waals surface area (Å²) in [4.78, 5) is 9.47. The highest BCUT2D eigenvalue weighted by molar-refractivity contribution is 7.90. The zero-order chi connectivity index (χ0) is 20.8. The first-order valence-electron chi connectivity index (χ1n) is 7.89. The average Bonchev–Trinajstić information content (AvgIpc) is 3.38. The van der Waals surface area contributed by atoms with Gasteiger partial charge < -0.3 is 9.47 Å². The van der Waals surface area contributed by atoms with Crippen LogP contribution in [0.5, 0.6) is 11.8 Å². The Bertz CT molecular complexity index is 1380. The molecule has 14 nitrogen and oxygen atoms in total. The summed E-state index contributed by atoms with van der Waals surface area (Å²) >= 11 is 0.943. The van der Waals surface area contributed by atoms with Crippen LogP contribution in [0.25, 0.3) is 17.2 Å². The standard InChI is InChI=1S/C13H14N10O4S2/c1-21-11(7(6-14-21)10-17-20-22(2)18-10)29(24,25)19-13-16-12-15-8(26-3)5-9(27-4)23(12)28-13/h5-6H,1-4H3/b19-13-. The summed E-state index contributed by atoms with van der Waals surface area (Å²) < 4.78 is 42.9. The Morgan fingerprint density at radius 3 is 2.62 bits per heavy atom.